The van der Waals surface area contributed by atoms with E-state index in [1.807, 2.05) is 24.3 Å². The maximum absolute atomic E-state index is 12.2. The number of nitro groups is 1. The van der Waals surface area contributed by atoms with E-state index in [2.05, 4.69) is 17.6 Å². The van der Waals surface area contributed by atoms with Gasteiger partial charge in [-0.15, -0.1) is 0 Å². The maximum Gasteiger partial charge on any atom is 0.311 e. The molecule has 0 radical (unpaired) electrons. The highest BCUT2D eigenvalue weighted by molar-refractivity contribution is 7.80. The molecule has 2 aromatic carbocycles. The number of nitrogens with zero attached hydrogens (tertiary/aromatic N) is 1. The number of thiocarbonyl (C=S) groups is 1. The zero-order chi connectivity index (χ0) is 18.4. The second-order valence-corrected chi connectivity index (χ2v) is 5.51. The van der Waals surface area contributed by atoms with Crippen molar-refractivity contribution in [3.63, 3.8) is 0 Å². The molecule has 0 saturated carbocycles. The fraction of sp³-hybridized carbons (Fsp3) is 0.176. The van der Waals surface area contributed by atoms with Crippen LogP contribution in [-0.4, -0.2) is 23.1 Å². The lowest BCUT2D eigenvalue weighted by molar-refractivity contribution is -0.385. The number of ether oxygens (including phenoxy) is 1. The zero-order valence-electron chi connectivity index (χ0n) is 13.7. The van der Waals surface area contributed by atoms with Gasteiger partial charge in [0.2, 0.25) is 0 Å². The van der Waals surface area contributed by atoms with Gasteiger partial charge in [-0.2, -0.15) is 0 Å². The van der Waals surface area contributed by atoms with Crippen molar-refractivity contribution in [1.29, 1.82) is 0 Å². The summed E-state index contributed by atoms with van der Waals surface area (Å²) in [6.45, 7) is 2.06. The van der Waals surface area contributed by atoms with Crippen LogP contribution in [0.2, 0.25) is 0 Å². The lowest BCUT2D eigenvalue weighted by atomic mass is 10.1. The summed E-state index contributed by atoms with van der Waals surface area (Å²) in [5.41, 5.74) is 1.75. The molecule has 0 unspecified atom stereocenters. The number of benzene rings is 2. The van der Waals surface area contributed by atoms with E-state index in [1.54, 1.807) is 0 Å². The minimum absolute atomic E-state index is 0.0817. The molecule has 0 saturated heterocycles. The van der Waals surface area contributed by atoms with Gasteiger partial charge in [-0.05, 0) is 48.5 Å². The third-order valence-corrected chi connectivity index (χ3v) is 3.69. The molecule has 0 aliphatic rings. The molecule has 0 atom stereocenters. The Hall–Kier alpha value is -3.00. The monoisotopic (exact) mass is 359 g/mol. The van der Waals surface area contributed by atoms with Crippen LogP contribution in [0.25, 0.3) is 0 Å². The van der Waals surface area contributed by atoms with E-state index in [1.165, 1.54) is 24.8 Å². The van der Waals surface area contributed by atoms with Crippen LogP contribution in [0.5, 0.6) is 5.75 Å². The van der Waals surface area contributed by atoms with Crippen molar-refractivity contribution >= 4 is 34.6 Å². The minimum atomic E-state index is -0.610. The maximum atomic E-state index is 12.2. The summed E-state index contributed by atoms with van der Waals surface area (Å²) < 4.78 is 4.91. The van der Waals surface area contributed by atoms with Gasteiger partial charge < -0.3 is 10.1 Å². The Labute approximate surface area is 150 Å². The SMILES string of the molecule is CCc1ccc(NC(=S)NC(=O)c2ccc(OC)c([N+](=O)[O-])c2)cc1. The molecule has 0 spiro atoms. The van der Waals surface area contributed by atoms with Gasteiger partial charge in [0, 0.05) is 17.3 Å². The van der Waals surface area contributed by atoms with Crippen molar-refractivity contribution < 1.29 is 14.5 Å². The Morgan fingerprint density at radius 2 is 1.92 bits per heavy atom. The van der Waals surface area contributed by atoms with E-state index in [4.69, 9.17) is 17.0 Å². The molecule has 0 aromatic heterocycles. The van der Waals surface area contributed by atoms with Crippen molar-refractivity contribution in [1.82, 2.24) is 5.32 Å². The molecule has 1 amide bonds. The summed E-state index contributed by atoms with van der Waals surface area (Å²) >= 11 is 5.10. The standard InChI is InChI=1S/C17H17N3O4S/c1-3-11-4-7-13(8-5-11)18-17(25)19-16(21)12-6-9-15(24-2)14(10-12)20(22)23/h4-10H,3H2,1-2H3,(H2,18,19,21,25). The van der Waals surface area contributed by atoms with Crippen molar-refractivity contribution in [2.24, 2.45) is 0 Å². The normalized spacial score (nSPS) is 10.0. The predicted molar refractivity (Wildman–Crippen MR) is 99.2 cm³/mol. The lowest BCUT2D eigenvalue weighted by Gasteiger charge is -2.10. The molecule has 8 heteroatoms. The largest absolute Gasteiger partial charge is 0.490 e. The van der Waals surface area contributed by atoms with Crippen LogP contribution in [0.15, 0.2) is 42.5 Å². The molecule has 2 rings (SSSR count). The molecular weight excluding hydrogens is 342 g/mol. The molecule has 2 N–H and O–H groups in total. The average Bonchev–Trinajstić information content (AvgIpc) is 2.61. The molecule has 0 fully saturated rings. The lowest BCUT2D eigenvalue weighted by Crippen LogP contribution is -2.34. The number of nitro benzene ring substituents is 1. The topological polar surface area (TPSA) is 93.5 Å². The Kier molecular flexibility index (Phi) is 6.02. The van der Waals surface area contributed by atoms with E-state index >= 15 is 0 Å². The van der Waals surface area contributed by atoms with Gasteiger partial charge in [0.15, 0.2) is 10.9 Å². The number of anilines is 1. The summed E-state index contributed by atoms with van der Waals surface area (Å²) in [5, 5.41) is 16.5. The minimum Gasteiger partial charge on any atom is -0.490 e. The van der Waals surface area contributed by atoms with Crippen molar-refractivity contribution in [3.8, 4) is 5.75 Å². The molecule has 0 aliphatic carbocycles. The quantitative estimate of drug-likeness (QED) is 0.483. The fourth-order valence-corrected chi connectivity index (χ4v) is 2.35. The smallest absolute Gasteiger partial charge is 0.311 e. The van der Waals surface area contributed by atoms with Crippen LogP contribution in [-0.2, 0) is 6.42 Å². The molecule has 2 aromatic rings. The van der Waals surface area contributed by atoms with Gasteiger partial charge in [0.05, 0.1) is 12.0 Å². The van der Waals surface area contributed by atoms with Gasteiger partial charge in [-0.3, -0.25) is 20.2 Å². The summed E-state index contributed by atoms with van der Waals surface area (Å²) in [7, 11) is 1.32. The first-order valence-corrected chi connectivity index (χ1v) is 7.89. The van der Waals surface area contributed by atoms with E-state index in [9.17, 15) is 14.9 Å². The average molecular weight is 359 g/mol. The summed E-state index contributed by atoms with van der Waals surface area (Å²) in [4.78, 5) is 22.6. The van der Waals surface area contributed by atoms with Gasteiger partial charge in [-0.1, -0.05) is 19.1 Å². The first-order valence-electron chi connectivity index (χ1n) is 7.48. The zero-order valence-corrected chi connectivity index (χ0v) is 14.6. The molecule has 130 valence electrons. The highest BCUT2D eigenvalue weighted by Gasteiger charge is 2.18. The van der Waals surface area contributed by atoms with E-state index in [0.717, 1.165) is 18.2 Å². The van der Waals surface area contributed by atoms with Crippen LogP contribution < -0.4 is 15.4 Å². The fourth-order valence-electron chi connectivity index (χ4n) is 2.14. The molecule has 0 heterocycles. The van der Waals surface area contributed by atoms with Crippen LogP contribution >= 0.6 is 12.2 Å². The highest BCUT2D eigenvalue weighted by atomic mass is 32.1. The van der Waals surface area contributed by atoms with Gasteiger partial charge in [0.1, 0.15) is 0 Å². The third-order valence-electron chi connectivity index (χ3n) is 3.48. The highest BCUT2D eigenvalue weighted by Crippen LogP contribution is 2.27. The third kappa shape index (κ3) is 4.74. The van der Waals surface area contributed by atoms with Gasteiger partial charge >= 0.3 is 5.69 Å². The molecular formula is C17H17N3O4S. The van der Waals surface area contributed by atoms with Crippen LogP contribution in [0.3, 0.4) is 0 Å². The molecule has 0 bridgehead atoms. The first kappa shape index (κ1) is 18.3. The summed E-state index contributed by atoms with van der Waals surface area (Å²) in [6, 6.07) is 11.6. The van der Waals surface area contributed by atoms with Gasteiger partial charge in [0.25, 0.3) is 5.91 Å². The van der Waals surface area contributed by atoms with Gasteiger partial charge in [-0.25, -0.2) is 0 Å². The van der Waals surface area contributed by atoms with Crippen molar-refractivity contribution in [2.75, 3.05) is 12.4 Å². The Balaban J connectivity index is 2.06. The predicted octanol–water partition coefficient (Wildman–Crippen LogP) is 3.29. The van der Waals surface area contributed by atoms with Crippen molar-refractivity contribution in [3.05, 3.63) is 63.7 Å². The Bertz CT molecular complexity index is 806. The number of methoxy groups -OCH3 is 1. The number of hydrogen-bond donors (Lipinski definition) is 2. The number of rotatable bonds is 5. The van der Waals surface area contributed by atoms with Crippen LogP contribution in [0.1, 0.15) is 22.8 Å². The number of amides is 1. The summed E-state index contributed by atoms with van der Waals surface area (Å²) in [5.74, 6) is -0.466. The molecule has 7 nitrogen and oxygen atoms in total. The first-order chi connectivity index (χ1) is 11.9. The second-order valence-electron chi connectivity index (χ2n) is 5.10. The second kappa shape index (κ2) is 8.20. The van der Waals surface area contributed by atoms with Crippen LogP contribution in [0.4, 0.5) is 11.4 Å². The number of nitrogens with one attached hydrogen (secondary N) is 2. The van der Waals surface area contributed by atoms with Crippen LogP contribution in [0, 0.1) is 10.1 Å². The number of aryl methyl sites for hydroxylation is 1. The Morgan fingerprint density at radius 1 is 1.24 bits per heavy atom. The molecule has 25 heavy (non-hydrogen) atoms. The number of carbonyl (C=O) groups is 1. The van der Waals surface area contributed by atoms with E-state index in [-0.39, 0.29) is 22.1 Å². The molecule has 0 aliphatic heterocycles. The number of carbonyl (C=O) groups excluding carboxylic acids is 1. The van der Waals surface area contributed by atoms with Crippen molar-refractivity contribution in [2.45, 2.75) is 13.3 Å². The van der Waals surface area contributed by atoms with E-state index < -0.39 is 10.8 Å². The Morgan fingerprint density at radius 3 is 2.48 bits per heavy atom. The van der Waals surface area contributed by atoms with E-state index in [0.29, 0.717) is 0 Å². The number of hydrogen-bond acceptors (Lipinski definition) is 5. The summed E-state index contributed by atoms with van der Waals surface area (Å²) in [6.07, 6.45) is 0.928.